The summed E-state index contributed by atoms with van der Waals surface area (Å²) in [4.78, 5) is 15.9. The fraction of sp³-hybridized carbons (Fsp3) is 0.375. The summed E-state index contributed by atoms with van der Waals surface area (Å²) in [6, 6.07) is 10.6. The molecule has 0 atom stereocenters. The molecule has 3 heterocycles. The van der Waals surface area contributed by atoms with Crippen molar-refractivity contribution in [3.63, 3.8) is 0 Å². The van der Waals surface area contributed by atoms with Gasteiger partial charge in [0.2, 0.25) is 16.0 Å². The van der Waals surface area contributed by atoms with Gasteiger partial charge in [0.25, 0.3) is 0 Å². The third-order valence-corrected chi connectivity index (χ3v) is 7.02. The van der Waals surface area contributed by atoms with Crippen LogP contribution in [0.15, 0.2) is 53.7 Å². The molecule has 0 amide bonds. The van der Waals surface area contributed by atoms with Crippen molar-refractivity contribution in [1.82, 2.24) is 25.0 Å². The zero-order valence-electron chi connectivity index (χ0n) is 20.5. The molecule has 1 aliphatic heterocycles. The molecular formula is C24H32N8O2S. The number of aryl methyl sites for hydroxylation is 1. The van der Waals surface area contributed by atoms with Crippen LogP contribution in [0.2, 0.25) is 0 Å². The lowest BCUT2D eigenvalue weighted by atomic mass is 10.1. The van der Waals surface area contributed by atoms with Crippen molar-refractivity contribution >= 4 is 39.0 Å². The van der Waals surface area contributed by atoms with Crippen LogP contribution in [0.5, 0.6) is 0 Å². The molecule has 10 nitrogen and oxygen atoms in total. The number of anilines is 5. The van der Waals surface area contributed by atoms with E-state index in [4.69, 9.17) is 0 Å². The van der Waals surface area contributed by atoms with Crippen molar-refractivity contribution in [2.24, 2.45) is 0 Å². The first kappa shape index (κ1) is 24.8. The van der Waals surface area contributed by atoms with Crippen LogP contribution in [0.3, 0.4) is 0 Å². The molecule has 1 aliphatic rings. The highest BCUT2D eigenvalue weighted by atomic mass is 32.2. The third-order valence-electron chi connectivity index (χ3n) is 5.26. The lowest BCUT2D eigenvalue weighted by molar-refractivity contribution is 0.491. The number of rotatable bonds is 7. The van der Waals surface area contributed by atoms with Crippen molar-refractivity contribution in [2.45, 2.75) is 38.1 Å². The Balaban J connectivity index is 1.48. The third kappa shape index (κ3) is 6.65. The quantitative estimate of drug-likeness (QED) is 0.390. The molecule has 0 radical (unpaired) electrons. The molecule has 11 heteroatoms. The van der Waals surface area contributed by atoms with Gasteiger partial charge in [-0.2, -0.15) is 4.98 Å². The van der Waals surface area contributed by atoms with E-state index >= 15 is 0 Å². The summed E-state index contributed by atoms with van der Waals surface area (Å²) in [5, 5.41) is 9.74. The maximum atomic E-state index is 12.7. The molecule has 4 rings (SSSR count). The second-order valence-electron chi connectivity index (χ2n) is 9.50. The Morgan fingerprint density at radius 1 is 0.971 bits per heavy atom. The van der Waals surface area contributed by atoms with E-state index in [1.165, 1.54) is 0 Å². The van der Waals surface area contributed by atoms with Crippen LogP contribution in [0.1, 0.15) is 26.3 Å². The first-order valence-electron chi connectivity index (χ1n) is 11.5. The number of benzene rings is 1. The lowest BCUT2D eigenvalue weighted by Crippen LogP contribution is -2.43. The van der Waals surface area contributed by atoms with Crippen molar-refractivity contribution in [2.75, 3.05) is 41.7 Å². The summed E-state index contributed by atoms with van der Waals surface area (Å²) >= 11 is 0. The molecule has 0 saturated carbocycles. The van der Waals surface area contributed by atoms with Crippen LogP contribution in [0.25, 0.3) is 0 Å². The van der Waals surface area contributed by atoms with Crippen molar-refractivity contribution in [3.05, 3.63) is 54.4 Å². The van der Waals surface area contributed by atoms with Gasteiger partial charge in [0.15, 0.2) is 0 Å². The van der Waals surface area contributed by atoms with Crippen molar-refractivity contribution in [3.8, 4) is 0 Å². The Labute approximate surface area is 206 Å². The first-order chi connectivity index (χ1) is 16.6. The van der Waals surface area contributed by atoms with Crippen LogP contribution >= 0.6 is 0 Å². The van der Waals surface area contributed by atoms with Gasteiger partial charge in [0.05, 0.1) is 16.8 Å². The van der Waals surface area contributed by atoms with Gasteiger partial charge in [-0.25, -0.2) is 23.1 Å². The molecular weight excluding hydrogens is 464 g/mol. The molecule has 2 aromatic heterocycles. The molecule has 4 N–H and O–H groups in total. The lowest BCUT2D eigenvalue weighted by Gasteiger charge is -2.28. The van der Waals surface area contributed by atoms with Crippen LogP contribution in [-0.4, -0.2) is 55.1 Å². The second-order valence-corrected chi connectivity index (χ2v) is 11.2. The van der Waals surface area contributed by atoms with Crippen LogP contribution in [0.4, 0.5) is 29.0 Å². The van der Waals surface area contributed by atoms with E-state index in [9.17, 15) is 8.42 Å². The molecule has 35 heavy (non-hydrogen) atoms. The van der Waals surface area contributed by atoms with E-state index in [0.29, 0.717) is 17.5 Å². The van der Waals surface area contributed by atoms with Gasteiger partial charge >= 0.3 is 0 Å². The number of nitrogens with zero attached hydrogens (tertiary/aromatic N) is 4. The van der Waals surface area contributed by atoms with E-state index in [-0.39, 0.29) is 4.90 Å². The number of sulfonamides is 1. The molecule has 1 fully saturated rings. The number of aromatic nitrogens is 3. The van der Waals surface area contributed by atoms with Crippen LogP contribution in [0, 0.1) is 6.92 Å². The topological polar surface area (TPSA) is 124 Å². The molecule has 0 bridgehead atoms. The van der Waals surface area contributed by atoms with Crippen molar-refractivity contribution < 1.29 is 8.42 Å². The molecule has 0 unspecified atom stereocenters. The Morgan fingerprint density at radius 2 is 1.74 bits per heavy atom. The fourth-order valence-corrected chi connectivity index (χ4v) is 5.10. The summed E-state index contributed by atoms with van der Waals surface area (Å²) in [6.07, 6.45) is 3.48. The first-order valence-corrected chi connectivity index (χ1v) is 13.0. The fourth-order valence-electron chi connectivity index (χ4n) is 3.64. The highest BCUT2D eigenvalue weighted by Crippen LogP contribution is 2.24. The molecule has 3 aromatic rings. The predicted octanol–water partition coefficient (Wildman–Crippen LogP) is 3.15. The summed E-state index contributed by atoms with van der Waals surface area (Å²) in [5.74, 6) is 1.93. The summed E-state index contributed by atoms with van der Waals surface area (Å²) in [5.41, 5.74) is 1.63. The van der Waals surface area contributed by atoms with Gasteiger partial charge in [0.1, 0.15) is 11.6 Å². The predicted molar refractivity (Wildman–Crippen MR) is 139 cm³/mol. The maximum absolute atomic E-state index is 12.7. The van der Waals surface area contributed by atoms with Gasteiger partial charge in [-0.3, -0.25) is 0 Å². The molecule has 1 aromatic carbocycles. The second kappa shape index (κ2) is 10.1. The minimum Gasteiger partial charge on any atom is -0.354 e. The van der Waals surface area contributed by atoms with E-state index in [1.807, 2.05) is 19.1 Å². The van der Waals surface area contributed by atoms with Gasteiger partial charge in [-0.05, 0) is 58.0 Å². The van der Waals surface area contributed by atoms with Crippen LogP contribution < -0.4 is 25.6 Å². The number of nitrogens with one attached hydrogen (secondary N) is 4. The Bertz CT molecular complexity index is 1270. The van der Waals surface area contributed by atoms with Gasteiger partial charge in [-0.1, -0.05) is 6.07 Å². The number of hydrogen-bond donors (Lipinski definition) is 4. The Hall–Kier alpha value is -3.28. The molecule has 186 valence electrons. The highest BCUT2D eigenvalue weighted by Gasteiger charge is 2.22. The van der Waals surface area contributed by atoms with Gasteiger partial charge in [0, 0.05) is 49.2 Å². The summed E-state index contributed by atoms with van der Waals surface area (Å²) in [6.45, 7) is 11.1. The minimum atomic E-state index is -3.65. The maximum Gasteiger partial charge on any atom is 0.241 e. The average molecular weight is 497 g/mol. The average Bonchev–Trinajstić information content (AvgIpc) is 2.81. The van der Waals surface area contributed by atoms with Gasteiger partial charge < -0.3 is 20.9 Å². The van der Waals surface area contributed by atoms with E-state index in [2.05, 4.69) is 40.5 Å². The Morgan fingerprint density at radius 3 is 2.43 bits per heavy atom. The van der Waals surface area contributed by atoms with E-state index in [0.717, 1.165) is 43.2 Å². The van der Waals surface area contributed by atoms with Crippen LogP contribution in [-0.2, 0) is 10.0 Å². The zero-order valence-corrected chi connectivity index (χ0v) is 21.3. The normalized spacial score (nSPS) is 14.6. The Kier molecular flexibility index (Phi) is 7.20. The van der Waals surface area contributed by atoms with E-state index in [1.54, 1.807) is 57.4 Å². The molecule has 0 spiro atoms. The summed E-state index contributed by atoms with van der Waals surface area (Å²) < 4.78 is 28.1. The van der Waals surface area contributed by atoms with Gasteiger partial charge in [-0.15, -0.1) is 0 Å². The SMILES string of the molecule is Cc1cnc(Nc2ccc(N3CCNCC3)nc2)nc1Nc1cccc(S(=O)(=O)NC(C)(C)C)c1. The smallest absolute Gasteiger partial charge is 0.241 e. The number of pyridine rings is 1. The molecule has 0 aliphatic carbocycles. The van der Waals surface area contributed by atoms with E-state index < -0.39 is 15.6 Å². The number of hydrogen-bond acceptors (Lipinski definition) is 9. The highest BCUT2D eigenvalue weighted by molar-refractivity contribution is 7.89. The zero-order chi connectivity index (χ0) is 25.1. The standard InChI is InChI=1S/C24H32N8O2S/c1-17-15-27-23(29-19-8-9-21(26-16-19)32-12-10-25-11-13-32)30-22(17)28-18-6-5-7-20(14-18)35(33,34)31-24(2,3)4/h5-9,14-16,25,31H,10-13H2,1-4H3,(H2,27,28,29,30). The minimum absolute atomic E-state index is 0.179. The molecule has 1 saturated heterocycles. The largest absolute Gasteiger partial charge is 0.354 e. The summed E-state index contributed by atoms with van der Waals surface area (Å²) in [7, 11) is -3.65. The monoisotopic (exact) mass is 496 g/mol. The van der Waals surface area contributed by atoms with Crippen molar-refractivity contribution in [1.29, 1.82) is 0 Å². The number of piperazine rings is 1.